The summed E-state index contributed by atoms with van der Waals surface area (Å²) in [5.74, 6) is -0.750. The number of aliphatic carboxylic acids is 1. The molecule has 0 spiro atoms. The molecule has 0 aromatic rings. The quantitative estimate of drug-likeness (QED) is 0.712. The van der Waals surface area contributed by atoms with E-state index < -0.39 is 5.97 Å². The highest BCUT2D eigenvalue weighted by molar-refractivity contribution is 5.66. The first-order valence-electron chi connectivity index (χ1n) is 6.66. The van der Waals surface area contributed by atoms with E-state index in [0.717, 1.165) is 32.4 Å². The van der Waals surface area contributed by atoms with Gasteiger partial charge in [-0.25, -0.2) is 0 Å². The average molecular weight is 255 g/mol. The number of rotatable bonds is 6. The molecule has 4 nitrogen and oxygen atoms in total. The second-order valence-electron chi connectivity index (χ2n) is 5.67. The predicted octanol–water partition coefficient (Wildman–Crippen LogP) is 1.89. The van der Waals surface area contributed by atoms with Gasteiger partial charge in [0.2, 0.25) is 0 Å². The third-order valence-corrected chi connectivity index (χ3v) is 3.66. The summed E-state index contributed by atoms with van der Waals surface area (Å²) < 4.78 is 0. The molecule has 2 N–H and O–H groups in total. The van der Waals surface area contributed by atoms with E-state index in [-0.39, 0.29) is 18.4 Å². The third-order valence-electron chi connectivity index (χ3n) is 3.66. The van der Waals surface area contributed by atoms with Gasteiger partial charge in [0.15, 0.2) is 0 Å². The van der Waals surface area contributed by atoms with Crippen molar-refractivity contribution in [2.75, 3.05) is 26.2 Å². The number of hydrogen-bond acceptors (Lipinski definition) is 3. The summed E-state index contributed by atoms with van der Waals surface area (Å²) in [7, 11) is 0. The molecule has 1 heterocycles. The van der Waals surface area contributed by atoms with E-state index in [1.165, 1.54) is 5.57 Å². The van der Waals surface area contributed by atoms with Gasteiger partial charge in [0, 0.05) is 18.5 Å². The highest BCUT2D eigenvalue weighted by atomic mass is 16.4. The topological polar surface area (TPSA) is 60.8 Å². The molecule has 1 aliphatic rings. The molecule has 0 saturated carbocycles. The smallest absolute Gasteiger partial charge is 0.304 e. The van der Waals surface area contributed by atoms with Crippen molar-refractivity contribution in [3.8, 4) is 0 Å². The fourth-order valence-corrected chi connectivity index (χ4v) is 2.54. The molecule has 1 fully saturated rings. The van der Waals surface area contributed by atoms with Crippen LogP contribution in [0.25, 0.3) is 0 Å². The van der Waals surface area contributed by atoms with Crippen molar-refractivity contribution >= 4 is 5.97 Å². The molecule has 1 aliphatic heterocycles. The van der Waals surface area contributed by atoms with Crippen LogP contribution in [0.5, 0.6) is 0 Å². The fourth-order valence-electron chi connectivity index (χ4n) is 2.54. The van der Waals surface area contributed by atoms with Crippen LogP contribution in [0.1, 0.15) is 39.5 Å². The van der Waals surface area contributed by atoms with Crippen LogP contribution < -0.4 is 0 Å². The van der Waals surface area contributed by atoms with Gasteiger partial charge in [0.25, 0.3) is 0 Å². The summed E-state index contributed by atoms with van der Waals surface area (Å²) in [6.07, 6.45) is 5.31. The second kappa shape index (κ2) is 6.90. The van der Waals surface area contributed by atoms with Crippen LogP contribution in [0.3, 0.4) is 0 Å². The number of allylic oxidation sites excluding steroid dienone is 2. The lowest BCUT2D eigenvalue weighted by Crippen LogP contribution is -2.45. The Morgan fingerprint density at radius 3 is 2.72 bits per heavy atom. The minimum Gasteiger partial charge on any atom is -0.481 e. The number of carboxylic acids is 1. The largest absolute Gasteiger partial charge is 0.481 e. The summed E-state index contributed by atoms with van der Waals surface area (Å²) in [4.78, 5) is 12.8. The van der Waals surface area contributed by atoms with Crippen molar-refractivity contribution in [2.45, 2.75) is 39.5 Å². The van der Waals surface area contributed by atoms with Gasteiger partial charge >= 0.3 is 5.97 Å². The Bertz CT molecular complexity index is 310. The molecule has 18 heavy (non-hydrogen) atoms. The first-order chi connectivity index (χ1) is 8.47. The summed E-state index contributed by atoms with van der Waals surface area (Å²) >= 11 is 0. The summed E-state index contributed by atoms with van der Waals surface area (Å²) in [5.41, 5.74) is 1.19. The lowest BCUT2D eigenvalue weighted by molar-refractivity contribution is -0.137. The maximum absolute atomic E-state index is 10.6. The van der Waals surface area contributed by atoms with Gasteiger partial charge in [-0.3, -0.25) is 4.79 Å². The number of carboxylic acid groups (broad SMARTS) is 1. The van der Waals surface area contributed by atoms with Crippen molar-refractivity contribution in [2.24, 2.45) is 5.41 Å². The van der Waals surface area contributed by atoms with Gasteiger partial charge in [-0.1, -0.05) is 11.6 Å². The van der Waals surface area contributed by atoms with Gasteiger partial charge in [-0.2, -0.15) is 0 Å². The van der Waals surface area contributed by atoms with Crippen molar-refractivity contribution in [1.82, 2.24) is 4.90 Å². The highest BCUT2D eigenvalue weighted by Gasteiger charge is 2.33. The van der Waals surface area contributed by atoms with Gasteiger partial charge in [-0.05, 0) is 39.7 Å². The lowest BCUT2D eigenvalue weighted by atomic mass is 9.77. The van der Waals surface area contributed by atoms with Crippen molar-refractivity contribution in [3.63, 3.8) is 0 Å². The van der Waals surface area contributed by atoms with Gasteiger partial charge in [-0.15, -0.1) is 0 Å². The monoisotopic (exact) mass is 255 g/mol. The Kier molecular flexibility index (Phi) is 5.82. The Morgan fingerprint density at radius 1 is 1.44 bits per heavy atom. The van der Waals surface area contributed by atoms with Crippen LogP contribution in [0.15, 0.2) is 11.6 Å². The molecule has 0 aromatic heterocycles. The molecular formula is C14H25NO3. The van der Waals surface area contributed by atoms with Crippen molar-refractivity contribution in [1.29, 1.82) is 0 Å². The molecule has 104 valence electrons. The maximum atomic E-state index is 10.6. The molecule has 1 atom stereocenters. The fraction of sp³-hybridized carbons (Fsp3) is 0.786. The lowest BCUT2D eigenvalue weighted by Gasteiger charge is -2.41. The predicted molar refractivity (Wildman–Crippen MR) is 71.5 cm³/mol. The minimum absolute atomic E-state index is 0.0754. The zero-order valence-corrected chi connectivity index (χ0v) is 11.5. The number of likely N-dealkylation sites (tertiary alicyclic amines) is 1. The van der Waals surface area contributed by atoms with Crippen molar-refractivity contribution < 1.29 is 15.0 Å². The van der Waals surface area contributed by atoms with E-state index in [2.05, 4.69) is 24.8 Å². The van der Waals surface area contributed by atoms with Gasteiger partial charge in [0.05, 0.1) is 13.0 Å². The summed E-state index contributed by atoms with van der Waals surface area (Å²) in [5, 5.41) is 18.4. The van der Waals surface area contributed by atoms with Crippen LogP contribution in [0.4, 0.5) is 0 Å². The molecule has 0 amide bonds. The molecule has 0 unspecified atom stereocenters. The SMILES string of the molecule is CC(C)=CC[C@]1(CO)CCCN(CCC(=O)O)C1. The molecule has 1 rings (SSSR count). The van der Waals surface area contributed by atoms with Crippen LogP contribution in [0, 0.1) is 5.41 Å². The second-order valence-corrected chi connectivity index (χ2v) is 5.67. The van der Waals surface area contributed by atoms with Crippen LogP contribution in [-0.2, 0) is 4.79 Å². The number of carbonyl (C=O) groups is 1. The number of aliphatic hydroxyl groups excluding tert-OH is 1. The Labute approximate surface area is 109 Å². The Balaban J connectivity index is 2.57. The number of hydrogen-bond donors (Lipinski definition) is 2. The molecule has 0 aromatic carbocycles. The van der Waals surface area contributed by atoms with E-state index in [1.54, 1.807) is 0 Å². The van der Waals surface area contributed by atoms with Crippen LogP contribution >= 0.6 is 0 Å². The van der Waals surface area contributed by atoms with E-state index in [1.807, 2.05) is 0 Å². The number of nitrogens with zero attached hydrogens (tertiary/aromatic N) is 1. The van der Waals surface area contributed by atoms with E-state index in [0.29, 0.717) is 6.54 Å². The number of aliphatic hydroxyl groups is 1. The van der Waals surface area contributed by atoms with Gasteiger partial charge in [0.1, 0.15) is 0 Å². The summed E-state index contributed by atoms with van der Waals surface area (Å²) in [6, 6.07) is 0. The molecule has 0 aliphatic carbocycles. The van der Waals surface area contributed by atoms with Crippen molar-refractivity contribution in [3.05, 3.63) is 11.6 Å². The first-order valence-corrected chi connectivity index (χ1v) is 6.66. The Hall–Kier alpha value is -0.870. The average Bonchev–Trinajstić information content (AvgIpc) is 2.34. The van der Waals surface area contributed by atoms with Gasteiger partial charge < -0.3 is 15.1 Å². The standard InChI is InChI=1S/C14H25NO3/c1-12(2)4-7-14(11-16)6-3-8-15(10-14)9-5-13(17)18/h4,16H,3,5-11H2,1-2H3,(H,17,18)/t14-/m1/s1. The van der Waals surface area contributed by atoms with E-state index in [4.69, 9.17) is 5.11 Å². The zero-order valence-electron chi connectivity index (χ0n) is 11.5. The molecular weight excluding hydrogens is 230 g/mol. The number of piperidine rings is 1. The maximum Gasteiger partial charge on any atom is 0.304 e. The summed E-state index contributed by atoms with van der Waals surface area (Å²) in [6.45, 7) is 6.66. The third kappa shape index (κ3) is 4.78. The molecule has 0 radical (unpaired) electrons. The van der Waals surface area contributed by atoms with E-state index >= 15 is 0 Å². The molecule has 4 heteroatoms. The first kappa shape index (κ1) is 15.2. The van der Waals surface area contributed by atoms with Crippen LogP contribution in [-0.4, -0.2) is 47.3 Å². The van der Waals surface area contributed by atoms with Crippen LogP contribution in [0.2, 0.25) is 0 Å². The Morgan fingerprint density at radius 2 is 2.17 bits per heavy atom. The molecule has 1 saturated heterocycles. The minimum atomic E-state index is -0.750. The van der Waals surface area contributed by atoms with E-state index in [9.17, 15) is 9.90 Å². The normalized spacial score (nSPS) is 24.8. The molecule has 0 bridgehead atoms. The highest BCUT2D eigenvalue weighted by Crippen LogP contribution is 2.33. The zero-order chi connectivity index (χ0) is 13.6.